The van der Waals surface area contributed by atoms with Crippen molar-refractivity contribution in [3.8, 4) is 0 Å². The van der Waals surface area contributed by atoms with Gasteiger partial charge in [0.1, 0.15) is 6.04 Å². The van der Waals surface area contributed by atoms with Crippen LogP contribution < -0.4 is 5.32 Å². The van der Waals surface area contributed by atoms with Gasteiger partial charge in [0.25, 0.3) is 0 Å². The molecule has 2 saturated heterocycles. The van der Waals surface area contributed by atoms with E-state index >= 15 is 0 Å². The Balaban J connectivity index is 1.92. The summed E-state index contributed by atoms with van der Waals surface area (Å²) in [5, 5.41) is 12.3. The molecule has 7 nitrogen and oxygen atoms in total. The number of hydrogen-bond donors (Lipinski definition) is 2. The van der Waals surface area contributed by atoms with Crippen molar-refractivity contribution < 1.29 is 24.2 Å². The molecule has 2 rings (SSSR count). The Morgan fingerprint density at radius 3 is 2.26 bits per heavy atom. The number of likely N-dealkylation sites (tertiary alicyclic amines) is 1. The molecule has 0 bridgehead atoms. The van der Waals surface area contributed by atoms with E-state index in [0.717, 1.165) is 12.8 Å². The molecule has 27 heavy (non-hydrogen) atoms. The molecule has 154 valence electrons. The van der Waals surface area contributed by atoms with Crippen LogP contribution in [0.1, 0.15) is 53.4 Å². The van der Waals surface area contributed by atoms with Crippen LogP contribution >= 0.6 is 0 Å². The van der Waals surface area contributed by atoms with Gasteiger partial charge < -0.3 is 20.1 Å². The number of carboxylic acid groups (broad SMARTS) is 1. The predicted molar refractivity (Wildman–Crippen MR) is 101 cm³/mol. The third-order valence-electron chi connectivity index (χ3n) is 5.61. The number of aliphatic carboxylic acids is 1. The summed E-state index contributed by atoms with van der Waals surface area (Å²) in [5.41, 5.74) is 0. The maximum atomic E-state index is 12.9. The van der Waals surface area contributed by atoms with Crippen molar-refractivity contribution in [2.45, 2.75) is 65.5 Å². The lowest BCUT2D eigenvalue weighted by Crippen LogP contribution is -2.53. The summed E-state index contributed by atoms with van der Waals surface area (Å²) in [5.74, 6) is -0.915. The molecular weight excluding hydrogens is 348 g/mol. The highest BCUT2D eigenvalue weighted by atomic mass is 16.5. The monoisotopic (exact) mass is 382 g/mol. The summed E-state index contributed by atoms with van der Waals surface area (Å²) >= 11 is 0. The Morgan fingerprint density at radius 1 is 1.11 bits per heavy atom. The van der Waals surface area contributed by atoms with Gasteiger partial charge in [-0.15, -0.1) is 0 Å². The number of hydrogen-bond acceptors (Lipinski definition) is 4. The average molecular weight is 383 g/mol. The van der Waals surface area contributed by atoms with Crippen LogP contribution in [0.15, 0.2) is 0 Å². The fraction of sp³-hybridized carbons (Fsp3) is 0.850. The first-order valence-electron chi connectivity index (χ1n) is 10.1. The lowest BCUT2D eigenvalue weighted by atomic mass is 9.84. The standard InChI is InChI=1S/C20H34N2O5/c1-12(2)11-16(23)21-17(13(3)4)19(24)22-8-5-14(6-9-22)18-15(20(25)26)7-10-27-18/h12-15,17-18H,5-11H2,1-4H3,(H,21,23)(H,25,26)/t15?,17?,18-/m0/s1. The first-order chi connectivity index (χ1) is 12.7. The van der Waals surface area contributed by atoms with Gasteiger partial charge in [-0.25, -0.2) is 0 Å². The van der Waals surface area contributed by atoms with Crippen LogP contribution in [0, 0.1) is 23.7 Å². The van der Waals surface area contributed by atoms with Crippen molar-refractivity contribution >= 4 is 17.8 Å². The Kier molecular flexibility index (Phi) is 7.65. The van der Waals surface area contributed by atoms with Gasteiger partial charge in [0.05, 0.1) is 12.0 Å². The SMILES string of the molecule is CC(C)CC(=O)NC(C(=O)N1CCC([C@@H]2OCCC2C(=O)O)CC1)C(C)C. The molecule has 0 spiro atoms. The van der Waals surface area contributed by atoms with Crippen LogP contribution in [0.3, 0.4) is 0 Å². The van der Waals surface area contributed by atoms with Crippen molar-refractivity contribution in [3.63, 3.8) is 0 Å². The number of carbonyl (C=O) groups excluding carboxylic acids is 2. The highest BCUT2D eigenvalue weighted by molar-refractivity contribution is 5.88. The van der Waals surface area contributed by atoms with E-state index < -0.39 is 17.9 Å². The van der Waals surface area contributed by atoms with Gasteiger partial charge in [0.15, 0.2) is 0 Å². The molecule has 2 heterocycles. The van der Waals surface area contributed by atoms with Gasteiger partial charge in [-0.3, -0.25) is 14.4 Å². The zero-order valence-electron chi connectivity index (χ0n) is 16.9. The van der Waals surface area contributed by atoms with E-state index in [1.165, 1.54) is 0 Å². The lowest BCUT2D eigenvalue weighted by Gasteiger charge is -2.37. The van der Waals surface area contributed by atoms with E-state index in [-0.39, 0.29) is 35.7 Å². The minimum atomic E-state index is -0.788. The highest BCUT2D eigenvalue weighted by Gasteiger charge is 2.41. The van der Waals surface area contributed by atoms with Crippen LogP contribution in [0.5, 0.6) is 0 Å². The number of nitrogens with zero attached hydrogens (tertiary/aromatic N) is 1. The van der Waals surface area contributed by atoms with Crippen LogP contribution in [0.2, 0.25) is 0 Å². The summed E-state index contributed by atoms with van der Waals surface area (Å²) in [6, 6.07) is -0.512. The van der Waals surface area contributed by atoms with Gasteiger partial charge in [-0.2, -0.15) is 0 Å². The Morgan fingerprint density at radius 2 is 1.74 bits per heavy atom. The summed E-state index contributed by atoms with van der Waals surface area (Å²) in [6.07, 6.45) is 2.21. The third kappa shape index (κ3) is 5.67. The molecule has 0 radical (unpaired) electrons. The summed E-state index contributed by atoms with van der Waals surface area (Å²) in [4.78, 5) is 38.3. The van der Waals surface area contributed by atoms with Crippen LogP contribution in [0.25, 0.3) is 0 Å². The highest BCUT2D eigenvalue weighted by Crippen LogP contribution is 2.33. The van der Waals surface area contributed by atoms with Gasteiger partial charge in [-0.05, 0) is 37.0 Å². The fourth-order valence-electron chi connectivity index (χ4n) is 4.10. The molecule has 2 aliphatic heterocycles. The zero-order valence-corrected chi connectivity index (χ0v) is 16.9. The molecule has 7 heteroatoms. The molecule has 0 aromatic carbocycles. The first kappa shape index (κ1) is 21.7. The quantitative estimate of drug-likeness (QED) is 0.701. The van der Waals surface area contributed by atoms with E-state index in [4.69, 9.17) is 4.74 Å². The molecule has 2 fully saturated rings. The van der Waals surface area contributed by atoms with Gasteiger partial charge in [-0.1, -0.05) is 27.7 Å². The van der Waals surface area contributed by atoms with E-state index in [0.29, 0.717) is 32.5 Å². The van der Waals surface area contributed by atoms with Gasteiger partial charge in [0.2, 0.25) is 11.8 Å². The molecule has 3 atom stereocenters. The van der Waals surface area contributed by atoms with Crippen LogP contribution in [0.4, 0.5) is 0 Å². The molecular formula is C20H34N2O5. The number of carboxylic acids is 1. The maximum absolute atomic E-state index is 12.9. The van der Waals surface area contributed by atoms with E-state index in [2.05, 4.69) is 5.32 Å². The normalized spacial score (nSPS) is 25.0. The average Bonchev–Trinajstić information content (AvgIpc) is 3.08. The van der Waals surface area contributed by atoms with Crippen molar-refractivity contribution in [2.24, 2.45) is 23.7 Å². The largest absolute Gasteiger partial charge is 0.481 e. The molecule has 2 amide bonds. The maximum Gasteiger partial charge on any atom is 0.309 e. The molecule has 0 aromatic heterocycles. The van der Waals surface area contributed by atoms with Crippen molar-refractivity contribution in [2.75, 3.05) is 19.7 Å². The second-order valence-corrected chi connectivity index (χ2v) is 8.62. The second kappa shape index (κ2) is 9.53. The number of piperidine rings is 1. The Labute approximate surface area is 161 Å². The van der Waals surface area contributed by atoms with Crippen molar-refractivity contribution in [3.05, 3.63) is 0 Å². The van der Waals surface area contributed by atoms with Crippen LogP contribution in [-0.4, -0.2) is 59.6 Å². The third-order valence-corrected chi connectivity index (χ3v) is 5.61. The number of ether oxygens (including phenoxy) is 1. The van der Waals surface area contributed by atoms with Crippen molar-refractivity contribution in [1.29, 1.82) is 0 Å². The summed E-state index contributed by atoms with van der Waals surface area (Å²) in [7, 11) is 0. The van der Waals surface area contributed by atoms with Crippen LogP contribution in [-0.2, 0) is 19.1 Å². The summed E-state index contributed by atoms with van der Waals surface area (Å²) < 4.78 is 5.70. The van der Waals surface area contributed by atoms with Gasteiger partial charge in [0, 0.05) is 26.1 Å². The number of carbonyl (C=O) groups is 3. The van der Waals surface area contributed by atoms with E-state index in [1.54, 1.807) is 0 Å². The smallest absolute Gasteiger partial charge is 0.309 e. The molecule has 2 N–H and O–H groups in total. The van der Waals surface area contributed by atoms with E-state index in [9.17, 15) is 19.5 Å². The van der Waals surface area contributed by atoms with E-state index in [1.807, 2.05) is 32.6 Å². The topological polar surface area (TPSA) is 95.9 Å². The number of nitrogens with one attached hydrogen (secondary N) is 1. The second-order valence-electron chi connectivity index (χ2n) is 8.62. The minimum Gasteiger partial charge on any atom is -0.481 e. The first-order valence-corrected chi connectivity index (χ1v) is 10.1. The number of rotatable bonds is 7. The molecule has 0 saturated carbocycles. The zero-order chi connectivity index (χ0) is 20.1. The molecule has 0 aliphatic carbocycles. The Bertz CT molecular complexity index is 540. The number of amides is 2. The van der Waals surface area contributed by atoms with Crippen molar-refractivity contribution in [1.82, 2.24) is 10.2 Å². The Hall–Kier alpha value is -1.63. The minimum absolute atomic E-state index is 0.0147. The molecule has 2 unspecified atom stereocenters. The molecule has 0 aromatic rings. The molecule has 2 aliphatic rings. The van der Waals surface area contributed by atoms with Gasteiger partial charge >= 0.3 is 5.97 Å². The lowest BCUT2D eigenvalue weighted by molar-refractivity contribution is -0.146. The predicted octanol–water partition coefficient (Wildman–Crippen LogP) is 1.90. The fourth-order valence-corrected chi connectivity index (χ4v) is 4.10. The summed E-state index contributed by atoms with van der Waals surface area (Å²) in [6.45, 7) is 9.50.